The van der Waals surface area contributed by atoms with E-state index in [0.717, 1.165) is 12.0 Å². The number of benzene rings is 2. The van der Waals surface area contributed by atoms with Crippen LogP contribution in [0.2, 0.25) is 0 Å². The summed E-state index contributed by atoms with van der Waals surface area (Å²) in [4.78, 5) is 0. The van der Waals surface area contributed by atoms with Crippen molar-refractivity contribution in [3.63, 3.8) is 0 Å². The van der Waals surface area contributed by atoms with Crippen molar-refractivity contribution in [1.82, 2.24) is 0 Å². The number of nitrogens with two attached hydrogens (primary N) is 2. The zero-order valence-corrected chi connectivity index (χ0v) is 9.40. The quantitative estimate of drug-likeness (QED) is 0.751. The highest BCUT2D eigenvalue weighted by Crippen LogP contribution is 2.28. The van der Waals surface area contributed by atoms with Crippen LogP contribution >= 0.6 is 0 Å². The summed E-state index contributed by atoms with van der Waals surface area (Å²) in [5.41, 5.74) is 16.5. The maximum absolute atomic E-state index is 5.82. The van der Waals surface area contributed by atoms with E-state index in [1.807, 2.05) is 24.3 Å². The Balaban J connectivity index is 2.54. The summed E-state index contributed by atoms with van der Waals surface area (Å²) >= 11 is 0. The Morgan fingerprint density at radius 2 is 1.69 bits per heavy atom. The fourth-order valence-electron chi connectivity index (χ4n) is 1.85. The fourth-order valence-corrected chi connectivity index (χ4v) is 1.85. The third-order valence-corrected chi connectivity index (χ3v) is 2.80. The van der Waals surface area contributed by atoms with Crippen LogP contribution in [0.25, 0.3) is 11.1 Å². The molecule has 0 amide bonds. The number of hydrogen-bond acceptors (Lipinski definition) is 2. The summed E-state index contributed by atoms with van der Waals surface area (Å²) < 4.78 is 0. The highest BCUT2D eigenvalue weighted by atomic mass is 14.7. The van der Waals surface area contributed by atoms with Gasteiger partial charge in [0.25, 0.3) is 0 Å². The minimum Gasteiger partial charge on any atom is -0.397 e. The van der Waals surface area contributed by atoms with E-state index in [-0.39, 0.29) is 0 Å². The van der Waals surface area contributed by atoms with Crippen LogP contribution in [0, 0.1) is 0 Å². The van der Waals surface area contributed by atoms with Crippen molar-refractivity contribution < 1.29 is 0 Å². The van der Waals surface area contributed by atoms with Gasteiger partial charge in [-0.1, -0.05) is 37.3 Å². The Kier molecular flexibility index (Phi) is 2.82. The van der Waals surface area contributed by atoms with Crippen LogP contribution in [0.4, 0.5) is 11.4 Å². The Morgan fingerprint density at radius 3 is 2.38 bits per heavy atom. The Bertz CT molecular complexity index is 504. The number of nitrogen functional groups attached to an aromatic ring is 2. The van der Waals surface area contributed by atoms with E-state index < -0.39 is 0 Å². The molecule has 2 aromatic carbocycles. The number of hydrogen-bond donors (Lipinski definition) is 2. The van der Waals surface area contributed by atoms with E-state index in [1.165, 1.54) is 11.1 Å². The third kappa shape index (κ3) is 1.87. The Morgan fingerprint density at radius 1 is 0.938 bits per heavy atom. The van der Waals surface area contributed by atoms with Crippen LogP contribution in [0.3, 0.4) is 0 Å². The predicted octanol–water partition coefficient (Wildman–Crippen LogP) is 3.08. The molecule has 0 spiro atoms. The van der Waals surface area contributed by atoms with E-state index in [4.69, 9.17) is 11.5 Å². The molecule has 4 N–H and O–H groups in total. The summed E-state index contributed by atoms with van der Waals surface area (Å²) in [6, 6.07) is 14.2. The molecule has 0 unspecified atom stereocenters. The van der Waals surface area contributed by atoms with Crippen molar-refractivity contribution in [3.05, 3.63) is 48.0 Å². The molecule has 0 heterocycles. The molecule has 0 saturated heterocycles. The minimum atomic E-state index is 0.637. The molecule has 0 aliphatic heterocycles. The highest BCUT2D eigenvalue weighted by molar-refractivity contribution is 5.76. The lowest BCUT2D eigenvalue weighted by Gasteiger charge is -2.09. The molecule has 0 aliphatic rings. The van der Waals surface area contributed by atoms with Crippen molar-refractivity contribution in [2.24, 2.45) is 0 Å². The van der Waals surface area contributed by atoms with Crippen molar-refractivity contribution in [1.29, 1.82) is 0 Å². The molecule has 2 heteroatoms. The summed E-state index contributed by atoms with van der Waals surface area (Å²) in [6.07, 6.45) is 1.01. The van der Waals surface area contributed by atoms with Gasteiger partial charge < -0.3 is 11.5 Å². The molecular weight excluding hydrogens is 196 g/mol. The molecule has 0 aromatic heterocycles. The molecule has 2 rings (SSSR count). The largest absolute Gasteiger partial charge is 0.397 e. The van der Waals surface area contributed by atoms with E-state index in [0.29, 0.717) is 11.4 Å². The normalized spacial score (nSPS) is 10.3. The summed E-state index contributed by atoms with van der Waals surface area (Å²) in [5.74, 6) is 0. The maximum Gasteiger partial charge on any atom is 0.0554 e. The van der Waals surface area contributed by atoms with E-state index in [1.54, 1.807) is 0 Å². The highest BCUT2D eigenvalue weighted by Gasteiger charge is 2.04. The lowest BCUT2D eigenvalue weighted by atomic mass is 9.97. The maximum atomic E-state index is 5.82. The number of aryl methyl sites for hydroxylation is 1. The van der Waals surface area contributed by atoms with Gasteiger partial charge in [0.05, 0.1) is 11.4 Å². The first-order valence-corrected chi connectivity index (χ1v) is 5.45. The first kappa shape index (κ1) is 10.6. The summed E-state index contributed by atoms with van der Waals surface area (Å²) in [5, 5.41) is 0. The predicted molar refractivity (Wildman–Crippen MR) is 70.1 cm³/mol. The third-order valence-electron chi connectivity index (χ3n) is 2.80. The molecule has 82 valence electrons. The zero-order chi connectivity index (χ0) is 11.5. The van der Waals surface area contributed by atoms with Gasteiger partial charge in [0.15, 0.2) is 0 Å². The van der Waals surface area contributed by atoms with Crippen molar-refractivity contribution in [2.75, 3.05) is 11.5 Å². The topological polar surface area (TPSA) is 52.0 Å². The van der Waals surface area contributed by atoms with E-state index in [2.05, 4.69) is 25.1 Å². The molecule has 0 radical (unpaired) electrons. The van der Waals surface area contributed by atoms with Crippen LogP contribution in [0.15, 0.2) is 42.5 Å². The standard InChI is InChI=1S/C14H16N2/c1-2-10-5-3-4-6-12(10)11-7-8-13(15)14(16)9-11/h3-9H,2,15-16H2,1H3. The molecule has 0 aliphatic carbocycles. The molecule has 2 aromatic rings. The molecule has 0 atom stereocenters. The number of anilines is 2. The average Bonchev–Trinajstić information content (AvgIpc) is 2.32. The van der Waals surface area contributed by atoms with Crippen LogP contribution in [-0.2, 0) is 6.42 Å². The van der Waals surface area contributed by atoms with Gasteiger partial charge in [-0.3, -0.25) is 0 Å². The van der Waals surface area contributed by atoms with Gasteiger partial charge in [0, 0.05) is 0 Å². The summed E-state index contributed by atoms with van der Waals surface area (Å²) in [7, 11) is 0. The second-order valence-corrected chi connectivity index (χ2v) is 3.85. The van der Waals surface area contributed by atoms with Crippen molar-refractivity contribution >= 4 is 11.4 Å². The van der Waals surface area contributed by atoms with E-state index >= 15 is 0 Å². The van der Waals surface area contributed by atoms with E-state index in [9.17, 15) is 0 Å². The number of rotatable bonds is 2. The lowest BCUT2D eigenvalue weighted by Crippen LogP contribution is -1.95. The minimum absolute atomic E-state index is 0.637. The molecule has 0 saturated carbocycles. The van der Waals surface area contributed by atoms with Crippen LogP contribution in [-0.4, -0.2) is 0 Å². The van der Waals surface area contributed by atoms with Crippen molar-refractivity contribution in [3.8, 4) is 11.1 Å². The zero-order valence-electron chi connectivity index (χ0n) is 9.40. The Labute approximate surface area is 95.9 Å². The van der Waals surface area contributed by atoms with Gasteiger partial charge >= 0.3 is 0 Å². The van der Waals surface area contributed by atoms with Gasteiger partial charge in [-0.25, -0.2) is 0 Å². The van der Waals surface area contributed by atoms with Crippen LogP contribution < -0.4 is 11.5 Å². The fraction of sp³-hybridized carbons (Fsp3) is 0.143. The average molecular weight is 212 g/mol. The van der Waals surface area contributed by atoms with Gasteiger partial charge in [-0.05, 0) is 35.2 Å². The molecular formula is C14H16N2. The lowest BCUT2D eigenvalue weighted by molar-refractivity contribution is 1.14. The van der Waals surface area contributed by atoms with Gasteiger partial charge in [0.2, 0.25) is 0 Å². The second-order valence-electron chi connectivity index (χ2n) is 3.85. The van der Waals surface area contributed by atoms with Crippen molar-refractivity contribution in [2.45, 2.75) is 13.3 Å². The van der Waals surface area contributed by atoms with Crippen LogP contribution in [0.5, 0.6) is 0 Å². The molecule has 16 heavy (non-hydrogen) atoms. The Hall–Kier alpha value is -1.96. The molecule has 0 fully saturated rings. The first-order chi connectivity index (χ1) is 7.72. The smallest absolute Gasteiger partial charge is 0.0554 e. The van der Waals surface area contributed by atoms with Gasteiger partial charge in [-0.15, -0.1) is 0 Å². The SMILES string of the molecule is CCc1ccccc1-c1ccc(N)c(N)c1. The van der Waals surface area contributed by atoms with Gasteiger partial charge in [-0.2, -0.15) is 0 Å². The molecule has 2 nitrogen and oxygen atoms in total. The van der Waals surface area contributed by atoms with Gasteiger partial charge in [0.1, 0.15) is 0 Å². The second kappa shape index (κ2) is 4.27. The summed E-state index contributed by atoms with van der Waals surface area (Å²) in [6.45, 7) is 2.15. The van der Waals surface area contributed by atoms with Crippen LogP contribution in [0.1, 0.15) is 12.5 Å². The monoisotopic (exact) mass is 212 g/mol. The molecule has 0 bridgehead atoms. The first-order valence-electron chi connectivity index (χ1n) is 5.45.